The van der Waals surface area contributed by atoms with Gasteiger partial charge in [0.25, 0.3) is 0 Å². The van der Waals surface area contributed by atoms with Crippen molar-refractivity contribution in [1.29, 1.82) is 0 Å². The van der Waals surface area contributed by atoms with E-state index in [1.54, 1.807) is 41.3 Å². The molecule has 0 N–H and O–H groups in total. The molecule has 0 aliphatic carbocycles. The topological polar surface area (TPSA) is 72.0 Å². The number of ether oxygens (including phenoxy) is 2. The zero-order chi connectivity index (χ0) is 24.4. The van der Waals surface area contributed by atoms with E-state index < -0.39 is 5.97 Å². The van der Waals surface area contributed by atoms with Crippen LogP contribution in [0.25, 0.3) is 0 Å². The summed E-state index contributed by atoms with van der Waals surface area (Å²) in [5, 5.41) is -0.254. The Kier molecular flexibility index (Phi) is 6.70. The van der Waals surface area contributed by atoms with E-state index >= 15 is 0 Å². The summed E-state index contributed by atoms with van der Waals surface area (Å²) in [5.74, 6) is 0.651. The number of pyridine rings is 1. The molecule has 2 aromatic carbocycles. The number of benzene rings is 2. The van der Waals surface area contributed by atoms with Crippen molar-refractivity contribution in [2.24, 2.45) is 0 Å². The van der Waals surface area contributed by atoms with Crippen molar-refractivity contribution in [3.63, 3.8) is 0 Å². The van der Waals surface area contributed by atoms with Crippen molar-refractivity contribution < 1.29 is 23.5 Å². The van der Waals surface area contributed by atoms with Gasteiger partial charge in [0, 0.05) is 18.8 Å². The molecule has 35 heavy (non-hydrogen) atoms. The molecule has 1 aromatic heterocycles. The van der Waals surface area contributed by atoms with Crippen molar-refractivity contribution in [3.05, 3.63) is 83.3 Å². The Balaban J connectivity index is 1.30. The molecule has 180 valence electrons. The quantitative estimate of drug-likeness (QED) is 0.489. The van der Waals surface area contributed by atoms with Crippen LogP contribution in [0.4, 0.5) is 15.9 Å². The molecule has 1 unspecified atom stereocenters. The van der Waals surface area contributed by atoms with Gasteiger partial charge in [-0.05, 0) is 60.5 Å². The van der Waals surface area contributed by atoms with Crippen LogP contribution in [-0.4, -0.2) is 48.9 Å². The lowest BCUT2D eigenvalue weighted by molar-refractivity contribution is -0.115. The van der Waals surface area contributed by atoms with Crippen molar-refractivity contribution in [3.8, 4) is 5.75 Å². The van der Waals surface area contributed by atoms with Gasteiger partial charge in [-0.3, -0.25) is 9.69 Å². The van der Waals surface area contributed by atoms with E-state index in [4.69, 9.17) is 9.47 Å². The standard InChI is InChI=1S/C26H24FN3O4S/c1-17-14-19(26(32)34-21-7-9-23(28-15-21)29-10-12-33-13-11-29)4-8-22(17)30-24(31)16-35-25(30)18-2-5-20(27)6-3-18/h2-9,14-15,25H,10-13,16H2,1H3. The summed E-state index contributed by atoms with van der Waals surface area (Å²) in [7, 11) is 0. The second-order valence-corrected chi connectivity index (χ2v) is 9.39. The summed E-state index contributed by atoms with van der Waals surface area (Å²) < 4.78 is 24.3. The third-order valence-electron chi connectivity index (χ3n) is 5.98. The van der Waals surface area contributed by atoms with Crippen LogP contribution in [0, 0.1) is 12.7 Å². The second-order valence-electron chi connectivity index (χ2n) is 8.32. The number of halogens is 1. The monoisotopic (exact) mass is 493 g/mol. The van der Waals surface area contributed by atoms with Crippen molar-refractivity contribution in [2.75, 3.05) is 41.9 Å². The van der Waals surface area contributed by atoms with E-state index in [1.165, 1.54) is 30.1 Å². The first kappa shape index (κ1) is 23.3. The van der Waals surface area contributed by atoms with Gasteiger partial charge in [0.15, 0.2) is 0 Å². The molecule has 0 saturated carbocycles. The number of carbonyl (C=O) groups is 2. The molecular weight excluding hydrogens is 469 g/mol. The molecule has 2 aliphatic rings. The molecule has 0 bridgehead atoms. The van der Waals surface area contributed by atoms with Crippen molar-refractivity contribution in [2.45, 2.75) is 12.3 Å². The highest BCUT2D eigenvalue weighted by Crippen LogP contribution is 2.43. The van der Waals surface area contributed by atoms with E-state index in [1.807, 2.05) is 13.0 Å². The van der Waals surface area contributed by atoms with Gasteiger partial charge in [-0.2, -0.15) is 0 Å². The Hall–Kier alpha value is -3.43. The van der Waals surface area contributed by atoms with Gasteiger partial charge < -0.3 is 14.4 Å². The number of rotatable bonds is 5. The van der Waals surface area contributed by atoms with Crippen molar-refractivity contribution >= 4 is 35.1 Å². The third-order valence-corrected chi connectivity index (χ3v) is 7.19. The molecule has 7 nitrogen and oxygen atoms in total. The van der Waals surface area contributed by atoms with E-state index in [0.29, 0.717) is 36.0 Å². The van der Waals surface area contributed by atoms with E-state index in [2.05, 4.69) is 9.88 Å². The number of thioether (sulfide) groups is 1. The van der Waals surface area contributed by atoms with Crippen LogP contribution >= 0.6 is 11.8 Å². The van der Waals surface area contributed by atoms with Crippen LogP contribution in [0.3, 0.4) is 0 Å². The van der Waals surface area contributed by atoms with Gasteiger partial charge in [0.2, 0.25) is 5.91 Å². The number of nitrogens with zero attached hydrogens (tertiary/aromatic N) is 3. The fourth-order valence-corrected chi connectivity index (χ4v) is 5.36. The summed E-state index contributed by atoms with van der Waals surface area (Å²) in [6, 6.07) is 14.8. The highest BCUT2D eigenvalue weighted by Gasteiger charge is 2.35. The van der Waals surface area contributed by atoms with Crippen LogP contribution in [0.5, 0.6) is 5.75 Å². The molecule has 2 fully saturated rings. The Morgan fingerprint density at radius 3 is 2.57 bits per heavy atom. The van der Waals surface area contributed by atoms with Crippen LogP contribution in [0.15, 0.2) is 60.8 Å². The predicted octanol–water partition coefficient (Wildman–Crippen LogP) is 4.36. The van der Waals surface area contributed by atoms with Gasteiger partial charge in [-0.1, -0.05) is 12.1 Å². The highest BCUT2D eigenvalue weighted by atomic mass is 32.2. The summed E-state index contributed by atoms with van der Waals surface area (Å²) in [6.07, 6.45) is 1.54. The number of amides is 1. The highest BCUT2D eigenvalue weighted by molar-refractivity contribution is 8.00. The number of esters is 1. The van der Waals surface area contributed by atoms with Gasteiger partial charge in [-0.15, -0.1) is 11.8 Å². The Bertz CT molecular complexity index is 1230. The van der Waals surface area contributed by atoms with Gasteiger partial charge in [0.1, 0.15) is 22.8 Å². The third kappa shape index (κ3) is 5.01. The number of carbonyl (C=O) groups excluding carboxylic acids is 2. The van der Waals surface area contributed by atoms with Crippen molar-refractivity contribution in [1.82, 2.24) is 4.98 Å². The molecule has 3 aromatic rings. The maximum atomic E-state index is 13.4. The van der Waals surface area contributed by atoms with Gasteiger partial charge >= 0.3 is 5.97 Å². The molecule has 3 heterocycles. The zero-order valence-corrected chi connectivity index (χ0v) is 20.0. The number of aromatic nitrogens is 1. The van der Waals surface area contributed by atoms with Gasteiger partial charge in [-0.25, -0.2) is 14.2 Å². The summed E-state index contributed by atoms with van der Waals surface area (Å²) in [5.41, 5.74) is 2.70. The maximum Gasteiger partial charge on any atom is 0.343 e. The first-order valence-corrected chi connectivity index (χ1v) is 12.4. The number of anilines is 2. The van der Waals surface area contributed by atoms with Crippen LogP contribution < -0.4 is 14.5 Å². The average molecular weight is 494 g/mol. The molecule has 1 atom stereocenters. The number of hydrogen-bond acceptors (Lipinski definition) is 7. The lowest BCUT2D eigenvalue weighted by Crippen LogP contribution is -2.36. The molecule has 2 aliphatic heterocycles. The SMILES string of the molecule is Cc1cc(C(=O)Oc2ccc(N3CCOCC3)nc2)ccc1N1C(=O)CSC1c1ccc(F)cc1. The fraction of sp³-hybridized carbons (Fsp3) is 0.269. The lowest BCUT2D eigenvalue weighted by Gasteiger charge is -2.27. The average Bonchev–Trinajstić information content (AvgIpc) is 3.26. The molecule has 5 rings (SSSR count). The van der Waals surface area contributed by atoms with Gasteiger partial charge in [0.05, 0.1) is 30.7 Å². The van der Waals surface area contributed by atoms with Crippen LogP contribution in [0.1, 0.15) is 26.9 Å². The second kappa shape index (κ2) is 10.1. The molecule has 0 spiro atoms. The minimum absolute atomic E-state index is 0.0332. The number of morpholine rings is 1. The Labute approximate surface area is 206 Å². The summed E-state index contributed by atoms with van der Waals surface area (Å²) in [6.45, 7) is 4.73. The smallest absolute Gasteiger partial charge is 0.343 e. The van der Waals surface area contributed by atoms with E-state index in [0.717, 1.165) is 30.0 Å². The Morgan fingerprint density at radius 2 is 1.89 bits per heavy atom. The lowest BCUT2D eigenvalue weighted by atomic mass is 10.1. The first-order valence-electron chi connectivity index (χ1n) is 11.3. The number of hydrogen-bond donors (Lipinski definition) is 0. The van der Waals surface area contributed by atoms with Crippen LogP contribution in [0.2, 0.25) is 0 Å². The molecular formula is C26H24FN3O4S. The maximum absolute atomic E-state index is 13.4. The minimum atomic E-state index is -0.502. The Morgan fingerprint density at radius 1 is 1.11 bits per heavy atom. The largest absolute Gasteiger partial charge is 0.421 e. The fourth-order valence-electron chi connectivity index (χ4n) is 4.19. The van der Waals surface area contributed by atoms with E-state index in [9.17, 15) is 14.0 Å². The normalized spacial score (nSPS) is 18.1. The zero-order valence-electron chi connectivity index (χ0n) is 19.1. The molecule has 1 amide bonds. The van der Waals surface area contributed by atoms with E-state index in [-0.39, 0.29) is 17.1 Å². The summed E-state index contributed by atoms with van der Waals surface area (Å²) >= 11 is 1.49. The number of aryl methyl sites for hydroxylation is 1. The summed E-state index contributed by atoms with van der Waals surface area (Å²) in [4.78, 5) is 33.7. The minimum Gasteiger partial charge on any atom is -0.421 e. The van der Waals surface area contributed by atoms with Crippen LogP contribution in [-0.2, 0) is 9.53 Å². The molecule has 9 heteroatoms. The predicted molar refractivity (Wildman–Crippen MR) is 132 cm³/mol. The molecule has 2 saturated heterocycles. The first-order chi connectivity index (χ1) is 17.0. The molecule has 0 radical (unpaired) electrons.